The number of nitrogens with one attached hydrogen (secondary N) is 1. The van der Waals surface area contributed by atoms with E-state index in [1.54, 1.807) is 0 Å². The number of carbonyl (C=O) groups is 4. The lowest BCUT2D eigenvalue weighted by Gasteiger charge is -2.33. The number of aryl methyl sites for hydroxylation is 2. The highest BCUT2D eigenvalue weighted by molar-refractivity contribution is 7.46. The van der Waals surface area contributed by atoms with E-state index in [4.69, 9.17) is 9.47 Å². The minimum Gasteiger partial charge on any atom is -0.428 e. The van der Waals surface area contributed by atoms with Crippen molar-refractivity contribution in [1.29, 1.82) is 0 Å². The number of benzene rings is 2. The van der Waals surface area contributed by atoms with E-state index >= 15 is 0 Å². The maximum atomic E-state index is 12.0. The Morgan fingerprint density at radius 2 is 1.46 bits per heavy atom. The Kier molecular flexibility index (Phi) is 36.6. The zero-order valence-electron chi connectivity index (χ0n) is 36.7. The molecule has 0 bridgehead atoms. The largest absolute Gasteiger partial charge is 0.428 e. The van der Waals surface area contributed by atoms with Crippen molar-refractivity contribution in [2.45, 2.75) is 112 Å². The topological polar surface area (TPSA) is 135 Å². The highest BCUT2D eigenvalue weighted by Gasteiger charge is 2.19. The summed E-state index contributed by atoms with van der Waals surface area (Å²) >= 11 is 0. The second-order valence-corrected chi connectivity index (χ2v) is 14.7. The number of anilines is 1. The molecule has 11 nitrogen and oxygen atoms in total. The smallest absolute Gasteiger partial charge is 0.298 e. The van der Waals surface area contributed by atoms with Gasteiger partial charge >= 0.3 is 0 Å². The molecule has 2 aromatic carbocycles. The first-order valence-electron chi connectivity index (χ1n) is 20.5. The van der Waals surface area contributed by atoms with E-state index in [0.717, 1.165) is 87.0 Å². The van der Waals surface area contributed by atoms with Crippen LogP contribution in [0.2, 0.25) is 0 Å². The number of amides is 2. The molecule has 56 heavy (non-hydrogen) atoms. The summed E-state index contributed by atoms with van der Waals surface area (Å²) < 4.78 is 10.3. The number of ketones is 1. The zero-order valence-corrected chi connectivity index (χ0v) is 37.7. The van der Waals surface area contributed by atoms with Crippen molar-refractivity contribution in [2.24, 2.45) is 5.73 Å². The molecule has 1 unspecified atom stereocenters. The number of nitrogens with two attached hydrogens (primary N) is 1. The van der Waals surface area contributed by atoms with E-state index < -0.39 is 0 Å². The Morgan fingerprint density at radius 1 is 0.875 bits per heavy atom. The van der Waals surface area contributed by atoms with Crippen LogP contribution in [-0.4, -0.2) is 119 Å². The van der Waals surface area contributed by atoms with E-state index in [9.17, 15) is 19.2 Å². The summed E-state index contributed by atoms with van der Waals surface area (Å²) in [5.74, 6) is 0.934. The first-order chi connectivity index (χ1) is 27.0. The summed E-state index contributed by atoms with van der Waals surface area (Å²) in [5, 5.41) is 3.64. The third kappa shape index (κ3) is 27.4. The van der Waals surface area contributed by atoms with Crippen LogP contribution in [0.15, 0.2) is 42.5 Å². The molecule has 12 heteroatoms. The average Bonchev–Trinajstić information content (AvgIpc) is 3.20. The van der Waals surface area contributed by atoms with Crippen LogP contribution >= 0.6 is 8.58 Å². The first-order valence-corrected chi connectivity index (χ1v) is 22.0. The monoisotopic (exact) mass is 804 g/mol. The molecule has 2 aromatic rings. The molecule has 2 amide bonds. The summed E-state index contributed by atoms with van der Waals surface area (Å²) in [4.78, 5) is 49.9. The van der Waals surface area contributed by atoms with Gasteiger partial charge in [-0.25, -0.2) is 0 Å². The lowest BCUT2D eigenvalue weighted by Crippen LogP contribution is -2.40. The summed E-state index contributed by atoms with van der Waals surface area (Å²) in [7, 11) is 4.26. The molecule has 3 N–H and O–H groups in total. The van der Waals surface area contributed by atoms with E-state index in [0.29, 0.717) is 34.3 Å². The van der Waals surface area contributed by atoms with Crippen LogP contribution in [0.4, 0.5) is 5.69 Å². The van der Waals surface area contributed by atoms with Crippen molar-refractivity contribution in [2.75, 3.05) is 78.6 Å². The minimum atomic E-state index is 0.0903. The molecule has 3 rings (SSSR count). The van der Waals surface area contributed by atoms with Crippen molar-refractivity contribution in [3.8, 4) is 5.75 Å². The van der Waals surface area contributed by atoms with Gasteiger partial charge in [-0.2, -0.15) is 0 Å². The van der Waals surface area contributed by atoms with Gasteiger partial charge in [0.25, 0.3) is 6.47 Å². The van der Waals surface area contributed by atoms with Crippen molar-refractivity contribution in [1.82, 2.24) is 14.7 Å². The summed E-state index contributed by atoms with van der Waals surface area (Å²) in [6.45, 7) is 25.1. The third-order valence-electron chi connectivity index (χ3n) is 8.69. The van der Waals surface area contributed by atoms with E-state index in [-0.39, 0.29) is 11.7 Å². The van der Waals surface area contributed by atoms with Gasteiger partial charge in [0.15, 0.2) is 0 Å². The minimum absolute atomic E-state index is 0.0903. The Labute approximate surface area is 342 Å². The number of ether oxygens (including phenoxy) is 2. The molecular formula is C44H78N5O6P. The van der Waals surface area contributed by atoms with E-state index in [1.807, 2.05) is 55.1 Å². The molecule has 1 aliphatic heterocycles. The maximum Gasteiger partial charge on any atom is 0.298 e. The second kappa shape index (κ2) is 37.4. The van der Waals surface area contributed by atoms with Gasteiger partial charge < -0.3 is 40.0 Å². The number of rotatable bonds is 21. The van der Waals surface area contributed by atoms with Gasteiger partial charge in [0, 0.05) is 56.2 Å². The summed E-state index contributed by atoms with van der Waals surface area (Å²) in [6, 6.07) is 14.2. The predicted molar refractivity (Wildman–Crippen MR) is 238 cm³/mol. The highest BCUT2D eigenvalue weighted by Crippen LogP contribution is 2.22. The lowest BCUT2D eigenvalue weighted by molar-refractivity contribution is -0.133. The fourth-order valence-electron chi connectivity index (χ4n) is 6.15. The van der Waals surface area contributed by atoms with Gasteiger partial charge in [0.2, 0.25) is 12.3 Å². The van der Waals surface area contributed by atoms with Crippen LogP contribution in [-0.2, 0) is 23.9 Å². The van der Waals surface area contributed by atoms with Gasteiger partial charge in [0.05, 0.1) is 0 Å². The number of hydrogen-bond donors (Lipinski definition) is 2. The fourth-order valence-corrected chi connectivity index (χ4v) is 7.00. The summed E-state index contributed by atoms with van der Waals surface area (Å²) in [6.07, 6.45) is 9.55. The molecule has 1 saturated heterocycles. The highest BCUT2D eigenvalue weighted by atomic mass is 31.1. The quantitative estimate of drug-likeness (QED) is 0.0992. The van der Waals surface area contributed by atoms with Crippen LogP contribution in [0.25, 0.3) is 0 Å². The molecule has 1 heterocycles. The van der Waals surface area contributed by atoms with Gasteiger partial charge in [-0.05, 0) is 142 Å². The maximum absolute atomic E-state index is 12.0. The van der Waals surface area contributed by atoms with Crippen LogP contribution in [0.3, 0.4) is 0 Å². The molecule has 1 fully saturated rings. The first kappa shape index (κ1) is 54.9. The molecule has 320 valence electrons. The van der Waals surface area contributed by atoms with Gasteiger partial charge in [0.1, 0.15) is 11.5 Å². The Morgan fingerprint density at radius 3 is 1.96 bits per heavy atom. The van der Waals surface area contributed by atoms with Gasteiger partial charge in [-0.1, -0.05) is 60.5 Å². The lowest BCUT2D eigenvalue weighted by atomic mass is 10.1. The van der Waals surface area contributed by atoms with Crippen LogP contribution in [0, 0.1) is 13.8 Å². The molecule has 0 radical (unpaired) electrons. The normalized spacial score (nSPS) is 12.2. The molecule has 0 saturated carbocycles. The number of Topliss-reactive ketones (excluding diaryl/α,β-unsaturated/α-hetero) is 1. The summed E-state index contributed by atoms with van der Waals surface area (Å²) in [5.41, 5.74) is 7.56. The number of para-hydroxylation sites is 1. The molecule has 1 atom stereocenters. The average molecular weight is 804 g/mol. The van der Waals surface area contributed by atoms with Crippen molar-refractivity contribution >= 4 is 44.1 Å². The Hall–Kier alpha value is -3.21. The SMILES string of the molecule is CCCN(C)CCCN(CCC)C(=O)CCC(C)=O.CCCN(CCC)C1CCOCC1.CN.CPc1cc(C)cc(C)c1OC=O.O=CNc1ccccc1. The zero-order chi connectivity index (χ0) is 42.6. The van der Waals surface area contributed by atoms with Crippen molar-refractivity contribution in [3.63, 3.8) is 0 Å². The number of carbonyl (C=O) groups excluding carboxylic acids is 4. The molecule has 0 aromatic heterocycles. The Balaban J connectivity index is 0. The standard InChI is InChI=1S/C15H30N2O2.C11H23NO.C10H13O2P.C7H7NO.CH5N/c1-5-10-16(4)12-7-13-17(11-6-2)15(19)9-8-14(3)18;1-3-7-12(8-4-2)11-5-9-13-10-6-11;1-7-4-8(2)10(12-6-11)9(5-7)13-3;9-6-8-7-4-2-1-3-5-7;1-2/h5-13H2,1-4H3;11H,3-10H2,1-2H3;4-6,13H,1-3H3;1-6H,(H,8,9);2H2,1H3. The van der Waals surface area contributed by atoms with Crippen LogP contribution in [0.1, 0.15) is 104 Å². The van der Waals surface area contributed by atoms with Crippen molar-refractivity contribution in [3.05, 3.63) is 53.6 Å². The molecule has 0 spiro atoms. The van der Waals surface area contributed by atoms with Gasteiger partial charge in [-0.3, -0.25) is 14.4 Å². The second-order valence-electron chi connectivity index (χ2n) is 13.7. The number of nitrogens with zero attached hydrogens (tertiary/aromatic N) is 3. The fraction of sp³-hybridized carbons (Fsp3) is 0.636. The molecule has 1 aliphatic rings. The van der Waals surface area contributed by atoms with E-state index in [2.05, 4.69) is 68.3 Å². The Bertz CT molecular complexity index is 1270. The molecular weight excluding hydrogens is 725 g/mol. The number of hydrogen-bond acceptors (Lipinski definition) is 9. The third-order valence-corrected chi connectivity index (χ3v) is 9.60. The van der Waals surface area contributed by atoms with Crippen molar-refractivity contribution < 1.29 is 28.7 Å². The van der Waals surface area contributed by atoms with Crippen LogP contribution < -0.4 is 21.1 Å². The molecule has 0 aliphatic carbocycles. The van der Waals surface area contributed by atoms with Crippen LogP contribution in [0.5, 0.6) is 5.75 Å². The van der Waals surface area contributed by atoms with Gasteiger partial charge in [-0.15, -0.1) is 0 Å². The van der Waals surface area contributed by atoms with E-state index in [1.165, 1.54) is 58.3 Å². The predicted octanol–water partition coefficient (Wildman–Crippen LogP) is 7.22.